The molecule has 0 fully saturated rings. The van der Waals surface area contributed by atoms with Crippen LogP contribution in [0.15, 0.2) is 42.5 Å². The van der Waals surface area contributed by atoms with Crippen molar-refractivity contribution >= 4 is 29.7 Å². The third-order valence-electron chi connectivity index (χ3n) is 4.83. The van der Waals surface area contributed by atoms with E-state index in [2.05, 4.69) is 16.3 Å². The summed E-state index contributed by atoms with van der Waals surface area (Å²) in [6.45, 7) is 5.76. The topological polar surface area (TPSA) is 67.6 Å². The summed E-state index contributed by atoms with van der Waals surface area (Å²) in [5, 5.41) is 2.97. The fourth-order valence-corrected chi connectivity index (χ4v) is 3.42. The van der Waals surface area contributed by atoms with E-state index in [-0.39, 0.29) is 24.4 Å². The van der Waals surface area contributed by atoms with Gasteiger partial charge in [0.1, 0.15) is 18.4 Å². The molecule has 0 saturated carbocycles. The number of benzene rings is 2. The van der Waals surface area contributed by atoms with E-state index >= 15 is 0 Å². The minimum atomic E-state index is -0.241. The third kappa shape index (κ3) is 5.07. The molecule has 146 valence electrons. The van der Waals surface area contributed by atoms with Gasteiger partial charge in [0.2, 0.25) is 5.91 Å². The first-order chi connectivity index (χ1) is 12.6. The molecule has 1 unspecified atom stereocenters. The zero-order chi connectivity index (χ0) is 18.5. The molecule has 3 rings (SSSR count). The van der Waals surface area contributed by atoms with Crippen molar-refractivity contribution in [1.82, 2.24) is 5.32 Å². The van der Waals surface area contributed by atoms with E-state index in [1.54, 1.807) is 0 Å². The Morgan fingerprint density at radius 2 is 2.07 bits per heavy atom. The number of nitrogen functional groups attached to an aromatic ring is 1. The van der Waals surface area contributed by atoms with Gasteiger partial charge in [-0.15, -0.1) is 12.4 Å². The smallest absolute Gasteiger partial charge is 0.242 e. The molecule has 6 heteroatoms. The Labute approximate surface area is 167 Å². The van der Waals surface area contributed by atoms with Crippen LogP contribution in [0, 0.1) is 6.92 Å². The summed E-state index contributed by atoms with van der Waals surface area (Å²) >= 11 is 0. The van der Waals surface area contributed by atoms with E-state index in [0.717, 1.165) is 47.6 Å². The number of anilines is 2. The Kier molecular flexibility index (Phi) is 7.36. The molecule has 0 aliphatic carbocycles. The normalized spacial score (nSPS) is 13.9. The Bertz CT molecular complexity index is 782. The Morgan fingerprint density at radius 3 is 2.85 bits per heavy atom. The number of hydrogen-bond donors (Lipinski definition) is 2. The molecule has 1 heterocycles. The number of halogens is 1. The van der Waals surface area contributed by atoms with Crippen LogP contribution in [0.2, 0.25) is 0 Å². The van der Waals surface area contributed by atoms with Crippen LogP contribution in [-0.2, 0) is 11.2 Å². The quantitative estimate of drug-likeness (QED) is 0.587. The molecule has 2 aromatic carbocycles. The largest absolute Gasteiger partial charge is 0.492 e. The number of nitrogens with two attached hydrogens (primary N) is 1. The van der Waals surface area contributed by atoms with E-state index in [4.69, 9.17) is 10.5 Å². The molecule has 5 nitrogen and oxygen atoms in total. The number of fused-ring (bicyclic) bond motifs is 1. The number of nitrogens with one attached hydrogen (secondary N) is 1. The molecule has 0 aromatic heterocycles. The lowest BCUT2D eigenvalue weighted by Crippen LogP contribution is -2.48. The van der Waals surface area contributed by atoms with E-state index in [1.165, 1.54) is 0 Å². The highest BCUT2D eigenvalue weighted by atomic mass is 35.5. The predicted octanol–water partition coefficient (Wildman–Crippen LogP) is 3.34. The van der Waals surface area contributed by atoms with Gasteiger partial charge < -0.3 is 20.7 Å². The average Bonchev–Trinajstić information content (AvgIpc) is 2.64. The van der Waals surface area contributed by atoms with Gasteiger partial charge in [-0.2, -0.15) is 0 Å². The van der Waals surface area contributed by atoms with Crippen molar-refractivity contribution in [3.8, 4) is 5.75 Å². The van der Waals surface area contributed by atoms with Crippen molar-refractivity contribution in [3.63, 3.8) is 0 Å². The van der Waals surface area contributed by atoms with Crippen molar-refractivity contribution in [2.24, 2.45) is 0 Å². The first-order valence-electron chi connectivity index (χ1n) is 9.17. The van der Waals surface area contributed by atoms with Gasteiger partial charge in [0.15, 0.2) is 0 Å². The highest BCUT2D eigenvalue weighted by molar-refractivity contribution is 5.86. The number of ether oxygens (including phenoxy) is 1. The van der Waals surface area contributed by atoms with Crippen LogP contribution in [0.1, 0.15) is 24.5 Å². The number of amides is 1. The van der Waals surface area contributed by atoms with Gasteiger partial charge in [-0.1, -0.05) is 18.2 Å². The molecule has 1 amide bonds. The lowest BCUT2D eigenvalue weighted by Gasteiger charge is -2.36. The minimum absolute atomic E-state index is 0. The van der Waals surface area contributed by atoms with Crippen LogP contribution in [0.3, 0.4) is 0 Å². The maximum absolute atomic E-state index is 12.6. The molecule has 2 aromatic rings. The molecule has 0 bridgehead atoms. The second-order valence-corrected chi connectivity index (χ2v) is 6.77. The SMILES string of the molecule is Cc1cccc(OCCNC(=O)C(C)N2CCCc3c(N)cccc32)c1.Cl. The Hall–Kier alpha value is -2.40. The van der Waals surface area contributed by atoms with E-state index in [9.17, 15) is 4.79 Å². The van der Waals surface area contributed by atoms with Crippen molar-refractivity contribution in [2.75, 3.05) is 30.3 Å². The van der Waals surface area contributed by atoms with Crippen LogP contribution >= 0.6 is 12.4 Å². The summed E-state index contributed by atoms with van der Waals surface area (Å²) in [6.07, 6.45) is 1.98. The first kappa shape index (κ1) is 20.9. The van der Waals surface area contributed by atoms with Gasteiger partial charge in [-0.3, -0.25) is 4.79 Å². The van der Waals surface area contributed by atoms with Crippen LogP contribution in [0.25, 0.3) is 0 Å². The molecule has 1 atom stereocenters. The van der Waals surface area contributed by atoms with E-state index in [1.807, 2.05) is 50.2 Å². The number of carbonyl (C=O) groups is 1. The maximum Gasteiger partial charge on any atom is 0.242 e. The Balaban J connectivity index is 0.00000261. The van der Waals surface area contributed by atoms with Crippen LogP contribution < -0.4 is 20.7 Å². The standard InChI is InChI=1S/C21H27N3O2.ClH/c1-15-6-3-7-17(14-15)26-13-11-23-21(25)16(2)24-12-5-8-18-19(22)9-4-10-20(18)24;/h3-4,6-7,9-10,14,16H,5,8,11-13,22H2,1-2H3,(H,23,25);1H. The monoisotopic (exact) mass is 389 g/mol. The number of carbonyl (C=O) groups excluding carboxylic acids is 1. The fourth-order valence-electron chi connectivity index (χ4n) is 3.42. The van der Waals surface area contributed by atoms with E-state index in [0.29, 0.717) is 13.2 Å². The summed E-state index contributed by atoms with van der Waals surface area (Å²) < 4.78 is 5.69. The second kappa shape index (κ2) is 9.51. The van der Waals surface area contributed by atoms with Gasteiger partial charge in [0, 0.05) is 17.9 Å². The minimum Gasteiger partial charge on any atom is -0.492 e. The van der Waals surface area contributed by atoms with E-state index < -0.39 is 0 Å². The van der Waals surface area contributed by atoms with Gasteiger partial charge in [0.05, 0.1) is 6.54 Å². The van der Waals surface area contributed by atoms with Crippen LogP contribution in [0.5, 0.6) is 5.75 Å². The van der Waals surface area contributed by atoms with Crippen LogP contribution in [-0.4, -0.2) is 31.6 Å². The number of rotatable bonds is 6. The van der Waals surface area contributed by atoms with Crippen molar-refractivity contribution in [1.29, 1.82) is 0 Å². The zero-order valence-corrected chi connectivity index (χ0v) is 16.7. The van der Waals surface area contributed by atoms with Gasteiger partial charge in [0.25, 0.3) is 0 Å². The van der Waals surface area contributed by atoms with Crippen molar-refractivity contribution in [2.45, 2.75) is 32.7 Å². The highest BCUT2D eigenvalue weighted by Crippen LogP contribution is 2.32. The predicted molar refractivity (Wildman–Crippen MR) is 113 cm³/mol. The summed E-state index contributed by atoms with van der Waals surface area (Å²) in [6, 6.07) is 13.6. The molecule has 0 radical (unpaired) electrons. The zero-order valence-electron chi connectivity index (χ0n) is 15.9. The molecular formula is C21H28ClN3O2. The number of hydrogen-bond acceptors (Lipinski definition) is 4. The lowest BCUT2D eigenvalue weighted by molar-refractivity contribution is -0.122. The number of aryl methyl sites for hydroxylation is 1. The molecule has 3 N–H and O–H groups in total. The van der Waals surface area contributed by atoms with Crippen molar-refractivity contribution < 1.29 is 9.53 Å². The molecule has 27 heavy (non-hydrogen) atoms. The lowest BCUT2D eigenvalue weighted by atomic mass is 9.98. The van der Waals surface area contributed by atoms with Gasteiger partial charge in [-0.25, -0.2) is 0 Å². The first-order valence-corrected chi connectivity index (χ1v) is 9.17. The average molecular weight is 390 g/mol. The Morgan fingerprint density at radius 1 is 1.30 bits per heavy atom. The maximum atomic E-state index is 12.6. The molecule has 0 saturated heterocycles. The summed E-state index contributed by atoms with van der Waals surface area (Å²) in [5.41, 5.74) is 10.3. The summed E-state index contributed by atoms with van der Waals surface area (Å²) in [7, 11) is 0. The van der Waals surface area contributed by atoms with Gasteiger partial charge in [-0.05, 0) is 62.1 Å². The third-order valence-corrected chi connectivity index (χ3v) is 4.83. The number of nitrogens with zero attached hydrogens (tertiary/aromatic N) is 1. The fraction of sp³-hybridized carbons (Fsp3) is 0.381. The highest BCUT2D eigenvalue weighted by Gasteiger charge is 2.26. The molecule has 0 spiro atoms. The summed E-state index contributed by atoms with van der Waals surface area (Å²) in [4.78, 5) is 14.7. The molecule has 1 aliphatic heterocycles. The molecule has 1 aliphatic rings. The van der Waals surface area contributed by atoms with Crippen molar-refractivity contribution in [3.05, 3.63) is 53.6 Å². The van der Waals surface area contributed by atoms with Crippen LogP contribution in [0.4, 0.5) is 11.4 Å². The van der Waals surface area contributed by atoms with Gasteiger partial charge >= 0.3 is 0 Å². The second-order valence-electron chi connectivity index (χ2n) is 6.77. The summed E-state index contributed by atoms with van der Waals surface area (Å²) in [5.74, 6) is 0.834. The molecular weight excluding hydrogens is 362 g/mol.